The van der Waals surface area contributed by atoms with Crippen LogP contribution in [-0.4, -0.2) is 60.6 Å². The Bertz CT molecular complexity index is 3080. The van der Waals surface area contributed by atoms with Gasteiger partial charge in [-0.2, -0.15) is 0 Å². The Morgan fingerprint density at radius 3 is 2.51 bits per heavy atom. The number of aliphatic hydroxyl groups is 1. The zero-order valence-corrected chi connectivity index (χ0v) is 47.8. The number of rotatable bonds is 13. The van der Waals surface area contributed by atoms with Gasteiger partial charge in [0.05, 0.1) is 23.3 Å². The van der Waals surface area contributed by atoms with E-state index in [1.807, 2.05) is 19.1 Å². The molecule has 10 nitrogen and oxygen atoms in total. The van der Waals surface area contributed by atoms with Crippen LogP contribution in [-0.2, 0) is 38.4 Å². The van der Waals surface area contributed by atoms with E-state index in [0.717, 1.165) is 148 Å². The van der Waals surface area contributed by atoms with Crippen molar-refractivity contribution < 1.29 is 29.3 Å². The first-order chi connectivity index (χ1) is 38.9. The minimum atomic E-state index is -0.886. The maximum atomic E-state index is 15.3. The van der Waals surface area contributed by atoms with Crippen LogP contribution in [0.1, 0.15) is 145 Å². The van der Waals surface area contributed by atoms with Crippen molar-refractivity contribution in [3.63, 3.8) is 0 Å². The number of ether oxygens (including phenoxy) is 2. The van der Waals surface area contributed by atoms with E-state index in [4.69, 9.17) is 9.47 Å². The number of piperidine rings is 1. The van der Waals surface area contributed by atoms with E-state index in [9.17, 15) is 10.2 Å². The van der Waals surface area contributed by atoms with Crippen LogP contribution in [0.3, 0.4) is 0 Å². The molecule has 2 saturated carbocycles. The summed E-state index contributed by atoms with van der Waals surface area (Å²) in [6, 6.07) is 34.1. The van der Waals surface area contributed by atoms with Gasteiger partial charge in [-0.1, -0.05) is 99.6 Å². The first-order valence-corrected chi connectivity index (χ1v) is 30.9. The van der Waals surface area contributed by atoms with E-state index >= 15 is 9.59 Å². The molecule has 0 aromatic heterocycles. The molecule has 4 aromatic rings. The van der Waals surface area contributed by atoms with Gasteiger partial charge in [-0.05, 0) is 239 Å². The molecule has 422 valence electrons. The van der Waals surface area contributed by atoms with Crippen LogP contribution in [0.4, 0.5) is 0 Å². The van der Waals surface area contributed by atoms with Crippen molar-refractivity contribution in [2.24, 2.45) is 52.3 Å². The van der Waals surface area contributed by atoms with Crippen molar-refractivity contribution in [3.8, 4) is 16.9 Å². The third-order valence-corrected chi connectivity index (χ3v) is 20.5. The minimum Gasteiger partial charge on any atom is -0.508 e. The highest BCUT2D eigenvalue weighted by molar-refractivity contribution is 6.07. The maximum absolute atomic E-state index is 15.3. The van der Waals surface area contributed by atoms with E-state index < -0.39 is 11.5 Å². The number of phenols is 1. The highest BCUT2D eigenvalue weighted by atomic mass is 16.6. The number of carbonyl (C=O) groups is 2. The molecule has 6 N–H and O–H groups in total. The van der Waals surface area contributed by atoms with Gasteiger partial charge in [0.15, 0.2) is 0 Å². The molecule has 0 amide bonds. The smallest absolute Gasteiger partial charge is 0.340 e. The van der Waals surface area contributed by atoms with Crippen molar-refractivity contribution in [1.82, 2.24) is 21.3 Å². The van der Waals surface area contributed by atoms with Gasteiger partial charge in [-0.3, -0.25) is 0 Å². The molecule has 5 heterocycles. The van der Waals surface area contributed by atoms with Crippen molar-refractivity contribution in [2.45, 2.75) is 149 Å². The number of benzene rings is 4. The highest BCUT2D eigenvalue weighted by Gasteiger charge is 2.68. The number of cyclic esters (lactones) is 1. The summed E-state index contributed by atoms with van der Waals surface area (Å²) in [4.78, 5) is 30.5. The first kappa shape index (κ1) is 54.9. The number of aliphatic hydroxyl groups excluding tert-OH is 1. The second-order valence-electron chi connectivity index (χ2n) is 25.8. The van der Waals surface area contributed by atoms with Crippen LogP contribution in [0.2, 0.25) is 0 Å². The lowest BCUT2D eigenvalue weighted by molar-refractivity contribution is -0.135. The average Bonchev–Trinajstić information content (AvgIpc) is 4.00. The van der Waals surface area contributed by atoms with E-state index in [2.05, 4.69) is 133 Å². The number of aromatic hydroxyl groups is 1. The zero-order chi connectivity index (χ0) is 55.1. The molecule has 14 bridgehead atoms. The Morgan fingerprint density at radius 2 is 1.68 bits per heavy atom. The van der Waals surface area contributed by atoms with Gasteiger partial charge in [-0.15, -0.1) is 0 Å². The molecule has 2 saturated heterocycles. The Morgan fingerprint density at radius 1 is 0.825 bits per heavy atom. The molecule has 11 unspecified atom stereocenters. The van der Waals surface area contributed by atoms with Gasteiger partial charge in [0, 0.05) is 36.2 Å². The van der Waals surface area contributed by atoms with Gasteiger partial charge in [0.1, 0.15) is 17.3 Å². The van der Waals surface area contributed by atoms with Crippen LogP contribution in [0.15, 0.2) is 137 Å². The normalized spacial score (nSPS) is 30.4. The minimum absolute atomic E-state index is 0.0383. The molecule has 5 aliphatic heterocycles. The van der Waals surface area contributed by atoms with Gasteiger partial charge >= 0.3 is 11.9 Å². The second kappa shape index (κ2) is 23.3. The number of carbonyl (C=O) groups excluding carboxylic acids is 2. The fraction of sp³-hybridized carbons (Fsp3) is 0.514. The van der Waals surface area contributed by atoms with Gasteiger partial charge in [0.2, 0.25) is 0 Å². The lowest BCUT2D eigenvalue weighted by Gasteiger charge is -2.56. The monoisotopic (exact) mass is 1080 g/mol. The summed E-state index contributed by atoms with van der Waals surface area (Å²) in [7, 11) is 0. The Kier molecular flexibility index (Phi) is 16.0. The molecular formula is C70H86N4O6. The van der Waals surface area contributed by atoms with E-state index in [1.165, 1.54) is 23.1 Å². The highest BCUT2D eigenvalue weighted by Crippen LogP contribution is 2.72. The summed E-state index contributed by atoms with van der Waals surface area (Å²) < 4.78 is 13.5. The quantitative estimate of drug-likeness (QED) is 0.0566. The number of nitrogens with one attached hydrogen (secondary N) is 4. The predicted molar refractivity (Wildman–Crippen MR) is 316 cm³/mol. The fourth-order valence-electron chi connectivity index (χ4n) is 16.7. The van der Waals surface area contributed by atoms with Crippen molar-refractivity contribution in [2.75, 3.05) is 26.2 Å². The van der Waals surface area contributed by atoms with Crippen LogP contribution >= 0.6 is 0 Å². The summed E-state index contributed by atoms with van der Waals surface area (Å²) in [6.07, 6.45) is 18.5. The van der Waals surface area contributed by atoms with Gasteiger partial charge in [0.25, 0.3) is 0 Å². The summed E-state index contributed by atoms with van der Waals surface area (Å²) in [5.74, 6) is 2.25. The van der Waals surface area contributed by atoms with Crippen molar-refractivity contribution >= 4 is 17.5 Å². The summed E-state index contributed by atoms with van der Waals surface area (Å²) in [5, 5.41) is 37.7. The molecule has 5 aliphatic carbocycles. The predicted octanol–water partition coefficient (Wildman–Crippen LogP) is 12.6. The van der Waals surface area contributed by atoms with Crippen LogP contribution in [0, 0.1) is 52.3 Å². The summed E-state index contributed by atoms with van der Waals surface area (Å²) in [5.41, 5.74) is 10.3. The standard InChI is InChI=1S/C70H86N4O6/c1-5-45(34-46-13-7-6-8-14-46)37-60-70-30-24-55-56-21-22-57-59(79-67(77)63(57)64(56)70)25-29-69(52-27-33-73-61(38-52)72-31-11-12-43(2)3)28-23-51(40-69)66(74-41-44(4)75)50-18-9-15-47(35-50)26-32-71-42-48-16-10-17-49(36-48)54-20-19-53(76)39-58(54)62(55)65(70)68(78)80-60/h6-10,13-20,25,35-37,39,43-45,51-52,55-56,61,64,66,71-76H,5,11-12,21-24,26-34,38,40-42H2,1-4H3. The Balaban J connectivity index is 1.00. The lowest BCUT2D eigenvalue weighted by Crippen LogP contribution is -2.52. The largest absolute Gasteiger partial charge is 0.508 e. The van der Waals surface area contributed by atoms with E-state index in [1.54, 1.807) is 6.07 Å². The van der Waals surface area contributed by atoms with E-state index in [0.29, 0.717) is 48.6 Å². The molecule has 80 heavy (non-hydrogen) atoms. The Labute approximate surface area is 475 Å². The van der Waals surface area contributed by atoms with Gasteiger partial charge < -0.3 is 41.0 Å². The summed E-state index contributed by atoms with van der Waals surface area (Å²) in [6.45, 7) is 12.7. The SMILES string of the molecule is CCC(C=C1OC(=O)C2=C3c4cc(O)ccc4-c4cccc(c4)CNCCc4cccc(c4)C(NCC(C)O)C4CCC(C5CCNC(NCCCC(C)C)C5)(CC=C5OC(=O)C6=C5CCC5C3CCC12C65)C4)Cc1ccccc1. The molecule has 14 rings (SSSR count). The van der Waals surface area contributed by atoms with Crippen LogP contribution < -0.4 is 21.3 Å². The fourth-order valence-corrected chi connectivity index (χ4v) is 16.7. The molecule has 0 radical (unpaired) electrons. The van der Waals surface area contributed by atoms with Crippen LogP contribution in [0.25, 0.3) is 16.7 Å². The van der Waals surface area contributed by atoms with Crippen LogP contribution in [0.5, 0.6) is 5.75 Å². The van der Waals surface area contributed by atoms with E-state index in [-0.39, 0.29) is 59.0 Å². The number of fused-ring (bicyclic) bond motifs is 5. The lowest BCUT2D eigenvalue weighted by atomic mass is 9.44. The maximum Gasteiger partial charge on any atom is 0.340 e. The number of phenolic OH excluding ortho intramolecular Hbond substituents is 1. The average molecular weight is 1080 g/mol. The van der Waals surface area contributed by atoms with Crippen molar-refractivity contribution in [3.05, 3.63) is 165 Å². The first-order valence-electron chi connectivity index (χ1n) is 30.9. The molecular weight excluding hydrogens is 993 g/mol. The topological polar surface area (TPSA) is 141 Å². The molecule has 11 atom stereocenters. The number of allylic oxidation sites excluding steroid dienone is 5. The third-order valence-electron chi connectivity index (χ3n) is 20.5. The molecule has 10 aliphatic rings. The number of hydrogen-bond donors (Lipinski definition) is 6. The molecule has 4 aromatic carbocycles. The number of esters is 2. The molecule has 4 fully saturated rings. The Hall–Kier alpha value is -5.62. The number of hydrogen-bond acceptors (Lipinski definition) is 10. The molecule has 10 heteroatoms. The molecule has 1 spiro atoms. The second-order valence-corrected chi connectivity index (χ2v) is 25.8. The summed E-state index contributed by atoms with van der Waals surface area (Å²) >= 11 is 0. The third kappa shape index (κ3) is 10.6. The van der Waals surface area contributed by atoms with Gasteiger partial charge in [-0.25, -0.2) is 9.59 Å². The van der Waals surface area contributed by atoms with Crippen molar-refractivity contribution in [1.29, 1.82) is 0 Å². The zero-order valence-electron chi connectivity index (χ0n) is 47.8.